The van der Waals surface area contributed by atoms with Gasteiger partial charge in [-0.3, -0.25) is 4.79 Å². The molecule has 3 nitrogen and oxygen atoms in total. The van der Waals surface area contributed by atoms with Crippen molar-refractivity contribution in [3.8, 4) is 0 Å². The van der Waals surface area contributed by atoms with Crippen molar-refractivity contribution >= 4 is 5.91 Å². The molecule has 2 fully saturated rings. The molecule has 1 saturated carbocycles. The van der Waals surface area contributed by atoms with Gasteiger partial charge in [-0.2, -0.15) is 0 Å². The van der Waals surface area contributed by atoms with E-state index in [1.54, 1.807) is 0 Å². The molecule has 1 saturated heterocycles. The molecule has 25 heavy (non-hydrogen) atoms. The minimum absolute atomic E-state index is 0.194. The average molecular weight is 341 g/mol. The first-order valence-corrected chi connectivity index (χ1v) is 9.93. The fourth-order valence-electron chi connectivity index (χ4n) is 4.09. The van der Waals surface area contributed by atoms with Crippen molar-refractivity contribution in [3.05, 3.63) is 47.5 Å². The third kappa shape index (κ3) is 4.33. The highest BCUT2D eigenvalue weighted by molar-refractivity contribution is 5.83. The summed E-state index contributed by atoms with van der Waals surface area (Å²) >= 11 is 0. The van der Waals surface area contributed by atoms with E-state index in [0.717, 1.165) is 31.2 Å². The Kier molecular flexibility index (Phi) is 6.30. The second kappa shape index (κ2) is 8.66. The minimum Gasteiger partial charge on any atom is -0.388 e. The number of benzene rings is 1. The largest absolute Gasteiger partial charge is 0.388 e. The Balaban J connectivity index is 1.60. The molecule has 3 rings (SSSR count). The summed E-state index contributed by atoms with van der Waals surface area (Å²) in [5.41, 5.74) is 2.21. The number of likely N-dealkylation sites (tertiary alicyclic amines) is 1. The van der Waals surface area contributed by atoms with Crippen LogP contribution in [-0.4, -0.2) is 22.5 Å². The molecule has 1 aromatic rings. The van der Waals surface area contributed by atoms with Crippen molar-refractivity contribution in [1.29, 1.82) is 0 Å². The fraction of sp³-hybridized carbons (Fsp3) is 0.591. The molecule has 1 heterocycles. The second-order valence-electron chi connectivity index (χ2n) is 7.54. The number of unbranched alkanes of at least 4 members (excludes halogenated alkanes) is 1. The maximum Gasteiger partial charge on any atom is 0.225 e. The van der Waals surface area contributed by atoms with E-state index >= 15 is 0 Å². The minimum atomic E-state index is -0.342. The van der Waals surface area contributed by atoms with Gasteiger partial charge < -0.3 is 10.0 Å². The first kappa shape index (κ1) is 18.2. The molecule has 1 unspecified atom stereocenters. The van der Waals surface area contributed by atoms with Gasteiger partial charge in [-0.05, 0) is 36.3 Å². The quantitative estimate of drug-likeness (QED) is 0.564. The Morgan fingerprint density at radius 1 is 1.16 bits per heavy atom. The van der Waals surface area contributed by atoms with Crippen LogP contribution in [-0.2, 0) is 4.79 Å². The van der Waals surface area contributed by atoms with E-state index in [1.165, 1.54) is 24.8 Å². The molecule has 2 aliphatic rings. The van der Waals surface area contributed by atoms with Gasteiger partial charge in [0.05, 0.1) is 18.6 Å². The van der Waals surface area contributed by atoms with E-state index in [9.17, 15) is 9.90 Å². The lowest BCUT2D eigenvalue weighted by molar-refractivity contribution is -0.145. The zero-order valence-electron chi connectivity index (χ0n) is 15.4. The van der Waals surface area contributed by atoms with Gasteiger partial charge in [0, 0.05) is 6.54 Å². The summed E-state index contributed by atoms with van der Waals surface area (Å²) in [6.45, 7) is 2.86. The van der Waals surface area contributed by atoms with E-state index in [1.807, 2.05) is 4.90 Å². The van der Waals surface area contributed by atoms with Gasteiger partial charge in [-0.1, -0.05) is 69.0 Å². The first-order valence-electron chi connectivity index (χ1n) is 9.93. The molecule has 0 bridgehead atoms. The number of allylic oxidation sites excluding steroid dienone is 1. The summed E-state index contributed by atoms with van der Waals surface area (Å²) in [7, 11) is 0. The van der Waals surface area contributed by atoms with Gasteiger partial charge in [0.1, 0.15) is 0 Å². The highest BCUT2D eigenvalue weighted by atomic mass is 16.3. The van der Waals surface area contributed by atoms with Gasteiger partial charge in [0.15, 0.2) is 0 Å². The highest BCUT2D eigenvalue weighted by Crippen LogP contribution is 2.37. The lowest BCUT2D eigenvalue weighted by Crippen LogP contribution is -2.46. The summed E-state index contributed by atoms with van der Waals surface area (Å²) in [5.74, 6) is 0.641. The third-order valence-electron chi connectivity index (χ3n) is 5.75. The fourth-order valence-corrected chi connectivity index (χ4v) is 4.09. The van der Waals surface area contributed by atoms with Gasteiger partial charge >= 0.3 is 0 Å². The first-order chi connectivity index (χ1) is 12.2. The maximum atomic E-state index is 11.9. The number of hydrogen-bond acceptors (Lipinski definition) is 2. The van der Waals surface area contributed by atoms with Crippen molar-refractivity contribution in [3.63, 3.8) is 0 Å². The molecule has 0 spiro atoms. The van der Waals surface area contributed by atoms with Crippen molar-refractivity contribution in [2.24, 2.45) is 5.92 Å². The standard InChI is InChI=1S/C22H31NO2/c1-2-3-4-8-15-23-20(16-21(23)24)17-11-13-19(14-12-17)22(25)18-9-6-5-7-10-18/h4,8,11-14,18,20,22,25H,2-3,5-7,9-10,15-16H2,1H3/b8-4-/t20-,22?/m1/s1. The number of aliphatic hydroxyl groups excluding tert-OH is 1. The summed E-state index contributed by atoms with van der Waals surface area (Å²) < 4.78 is 0. The van der Waals surface area contributed by atoms with Crippen LogP contribution in [0.3, 0.4) is 0 Å². The number of amides is 1. The predicted octanol–water partition coefficient (Wildman–Crippen LogP) is 4.93. The molecule has 2 atom stereocenters. The van der Waals surface area contributed by atoms with Crippen molar-refractivity contribution < 1.29 is 9.90 Å². The Morgan fingerprint density at radius 3 is 2.52 bits per heavy atom. The molecular weight excluding hydrogens is 310 g/mol. The van der Waals surface area contributed by atoms with Crippen LogP contribution in [0.25, 0.3) is 0 Å². The van der Waals surface area contributed by atoms with Crippen LogP contribution < -0.4 is 0 Å². The SMILES string of the molecule is CCC/C=C\CN1C(=O)C[C@@H]1c1ccc(C(O)C2CCCCC2)cc1. The number of rotatable bonds is 7. The molecule has 1 amide bonds. The van der Waals surface area contributed by atoms with Crippen LogP contribution in [0.15, 0.2) is 36.4 Å². The number of aliphatic hydroxyl groups is 1. The number of β-lactam (4-membered cyclic amide) rings is 1. The topological polar surface area (TPSA) is 40.5 Å². The summed E-state index contributed by atoms with van der Waals surface area (Å²) in [6, 6.07) is 8.51. The lowest BCUT2D eigenvalue weighted by atomic mass is 9.82. The lowest BCUT2D eigenvalue weighted by Gasteiger charge is -2.40. The van der Waals surface area contributed by atoms with Crippen LogP contribution in [0.5, 0.6) is 0 Å². The van der Waals surface area contributed by atoms with Crippen LogP contribution in [0.2, 0.25) is 0 Å². The molecule has 1 aliphatic carbocycles. The van der Waals surface area contributed by atoms with Gasteiger partial charge in [-0.15, -0.1) is 0 Å². The molecule has 136 valence electrons. The molecule has 1 aliphatic heterocycles. The smallest absolute Gasteiger partial charge is 0.225 e. The third-order valence-corrected chi connectivity index (χ3v) is 5.75. The van der Waals surface area contributed by atoms with E-state index in [-0.39, 0.29) is 18.1 Å². The van der Waals surface area contributed by atoms with Gasteiger partial charge in [0.2, 0.25) is 5.91 Å². The normalized spacial score (nSPS) is 23.0. The summed E-state index contributed by atoms with van der Waals surface area (Å²) in [4.78, 5) is 13.9. The zero-order valence-corrected chi connectivity index (χ0v) is 15.4. The van der Waals surface area contributed by atoms with E-state index < -0.39 is 0 Å². The van der Waals surface area contributed by atoms with Crippen LogP contribution in [0, 0.1) is 5.92 Å². The number of nitrogens with zero attached hydrogens (tertiary/aromatic N) is 1. The summed E-state index contributed by atoms with van der Waals surface area (Å²) in [6.07, 6.45) is 12.8. The van der Waals surface area contributed by atoms with Crippen molar-refractivity contribution in [2.45, 2.75) is 70.4 Å². The zero-order chi connectivity index (χ0) is 17.6. The second-order valence-corrected chi connectivity index (χ2v) is 7.54. The van der Waals surface area contributed by atoms with Crippen LogP contribution in [0.1, 0.15) is 81.6 Å². The Morgan fingerprint density at radius 2 is 1.88 bits per heavy atom. The molecule has 0 aromatic heterocycles. The van der Waals surface area contributed by atoms with Crippen LogP contribution in [0.4, 0.5) is 0 Å². The Hall–Kier alpha value is -1.61. The molecule has 1 N–H and O–H groups in total. The Labute approximate surface area is 151 Å². The number of hydrogen-bond donors (Lipinski definition) is 1. The molecular formula is C22H31NO2. The monoisotopic (exact) mass is 341 g/mol. The van der Waals surface area contributed by atoms with Crippen LogP contribution >= 0.6 is 0 Å². The predicted molar refractivity (Wildman–Crippen MR) is 101 cm³/mol. The van der Waals surface area contributed by atoms with Crippen molar-refractivity contribution in [1.82, 2.24) is 4.90 Å². The summed E-state index contributed by atoms with van der Waals surface area (Å²) in [5, 5.41) is 10.6. The highest BCUT2D eigenvalue weighted by Gasteiger charge is 2.36. The van der Waals surface area contributed by atoms with Gasteiger partial charge in [0.25, 0.3) is 0 Å². The number of carbonyl (C=O) groups excluding carboxylic acids is 1. The molecule has 1 aromatic carbocycles. The van der Waals surface area contributed by atoms with Gasteiger partial charge in [-0.25, -0.2) is 0 Å². The number of carbonyl (C=O) groups is 1. The average Bonchev–Trinajstić information content (AvgIpc) is 2.66. The van der Waals surface area contributed by atoms with E-state index in [2.05, 4.69) is 43.3 Å². The molecule has 3 heteroatoms. The van der Waals surface area contributed by atoms with Crippen molar-refractivity contribution in [2.75, 3.05) is 6.54 Å². The maximum absolute atomic E-state index is 11.9. The van der Waals surface area contributed by atoms with E-state index in [4.69, 9.17) is 0 Å². The Bertz CT molecular complexity index is 587. The van der Waals surface area contributed by atoms with E-state index in [0.29, 0.717) is 18.9 Å². The molecule has 0 radical (unpaired) electrons.